The largest absolute Gasteiger partial charge is 0.353 e. The lowest BCUT2D eigenvalue weighted by Gasteiger charge is -2.13. The highest BCUT2D eigenvalue weighted by Crippen LogP contribution is 2.31. The Labute approximate surface area is 185 Å². The van der Waals surface area contributed by atoms with E-state index in [9.17, 15) is 24.0 Å². The molecule has 0 aliphatic carbocycles. The number of hydrogen-bond donors (Lipinski definition) is 2. The van der Waals surface area contributed by atoms with Crippen LogP contribution in [0.3, 0.4) is 0 Å². The van der Waals surface area contributed by atoms with Gasteiger partial charge in [-0.05, 0) is 35.5 Å². The minimum Gasteiger partial charge on any atom is -0.353 e. The summed E-state index contributed by atoms with van der Waals surface area (Å²) in [6.45, 7) is -0.386. The second-order valence-electron chi connectivity index (χ2n) is 6.97. The third-order valence-electron chi connectivity index (χ3n) is 4.81. The molecular weight excluding hydrogens is 432 g/mol. The van der Waals surface area contributed by atoms with Gasteiger partial charge in [0, 0.05) is 13.1 Å². The van der Waals surface area contributed by atoms with Crippen molar-refractivity contribution in [3.63, 3.8) is 0 Å². The van der Waals surface area contributed by atoms with Gasteiger partial charge in [-0.25, -0.2) is 4.68 Å². The second-order valence-corrected chi connectivity index (χ2v) is 7.96. The molecule has 1 aromatic heterocycles. The highest BCUT2D eigenvalue weighted by molar-refractivity contribution is 8.18. The predicted molar refractivity (Wildman–Crippen MR) is 121 cm³/mol. The average Bonchev–Trinajstić information content (AvgIpc) is 3.05. The van der Waals surface area contributed by atoms with Crippen LogP contribution in [-0.4, -0.2) is 44.8 Å². The Bertz CT molecular complexity index is 1360. The first-order valence-corrected chi connectivity index (χ1v) is 10.5. The van der Waals surface area contributed by atoms with Crippen LogP contribution in [0.4, 0.5) is 4.79 Å². The van der Waals surface area contributed by atoms with Gasteiger partial charge in [-0.2, -0.15) is 0 Å². The second kappa shape index (κ2) is 9.06. The van der Waals surface area contributed by atoms with Crippen LogP contribution in [0.1, 0.15) is 5.56 Å². The lowest BCUT2D eigenvalue weighted by molar-refractivity contribution is -0.124. The maximum atomic E-state index is 12.5. The molecule has 3 aromatic rings. The van der Waals surface area contributed by atoms with Crippen LogP contribution in [0.2, 0.25) is 0 Å². The van der Waals surface area contributed by atoms with Crippen molar-refractivity contribution >= 4 is 45.7 Å². The molecule has 9 nitrogen and oxygen atoms in total. The van der Waals surface area contributed by atoms with E-state index in [0.717, 1.165) is 26.9 Å². The summed E-state index contributed by atoms with van der Waals surface area (Å²) in [7, 11) is 0. The maximum absolute atomic E-state index is 12.5. The minimum absolute atomic E-state index is 0.00826. The number of nitrogens with one attached hydrogen (secondary N) is 2. The van der Waals surface area contributed by atoms with E-state index >= 15 is 0 Å². The van der Waals surface area contributed by atoms with Crippen LogP contribution in [0, 0.1) is 0 Å². The Morgan fingerprint density at radius 1 is 0.969 bits per heavy atom. The van der Waals surface area contributed by atoms with Gasteiger partial charge in [0.15, 0.2) is 0 Å². The molecule has 2 N–H and O–H groups in total. The molecule has 10 heteroatoms. The summed E-state index contributed by atoms with van der Waals surface area (Å²) in [6, 6.07) is 15.5. The van der Waals surface area contributed by atoms with E-state index in [1.165, 1.54) is 12.1 Å². The van der Waals surface area contributed by atoms with Gasteiger partial charge in [0.2, 0.25) is 5.91 Å². The molecule has 0 spiro atoms. The van der Waals surface area contributed by atoms with Crippen molar-refractivity contribution in [2.24, 2.45) is 0 Å². The molecule has 3 amide bonds. The van der Waals surface area contributed by atoms with Crippen molar-refractivity contribution in [2.75, 3.05) is 13.1 Å². The van der Waals surface area contributed by atoms with E-state index in [2.05, 4.69) is 10.4 Å². The van der Waals surface area contributed by atoms with Crippen molar-refractivity contribution < 1.29 is 14.4 Å². The number of carbonyl (C=O) groups excluding carboxylic acids is 3. The smallest absolute Gasteiger partial charge is 0.293 e. The maximum Gasteiger partial charge on any atom is 0.293 e. The molecule has 1 aliphatic heterocycles. The highest BCUT2D eigenvalue weighted by atomic mass is 32.2. The molecule has 0 bridgehead atoms. The number of amides is 3. The number of thioether (sulfide) groups is 1. The van der Waals surface area contributed by atoms with Crippen molar-refractivity contribution in [3.05, 3.63) is 85.8 Å². The Morgan fingerprint density at radius 3 is 2.41 bits per heavy atom. The van der Waals surface area contributed by atoms with Gasteiger partial charge in [0.1, 0.15) is 6.54 Å². The van der Waals surface area contributed by atoms with Gasteiger partial charge in [0.05, 0.1) is 15.7 Å². The fourth-order valence-electron chi connectivity index (χ4n) is 3.26. The van der Waals surface area contributed by atoms with Gasteiger partial charge in [0.25, 0.3) is 22.3 Å². The standard InChI is InChI=1S/C22H18N4O5S/c27-18(13-26-20(29)16-9-5-4-8-15(16)19(28)24-26)23-10-11-25-21(30)17(32-22(25)31)12-14-6-2-1-3-7-14/h1-9,12H,10-11,13H2,(H,23,27)(H,24,28)/b17-12-. The molecule has 32 heavy (non-hydrogen) atoms. The molecular formula is C22H18N4O5S. The molecule has 2 heterocycles. The third kappa shape index (κ3) is 4.40. The van der Waals surface area contributed by atoms with E-state index in [4.69, 9.17) is 0 Å². The third-order valence-corrected chi connectivity index (χ3v) is 5.72. The van der Waals surface area contributed by atoms with E-state index in [1.807, 2.05) is 30.3 Å². The zero-order valence-corrected chi connectivity index (χ0v) is 17.6. The molecule has 4 rings (SSSR count). The molecule has 1 saturated heterocycles. The Balaban J connectivity index is 1.37. The van der Waals surface area contributed by atoms with E-state index in [0.29, 0.717) is 4.91 Å². The van der Waals surface area contributed by atoms with Crippen LogP contribution in [0.15, 0.2) is 69.1 Å². The Kier molecular flexibility index (Phi) is 6.04. The van der Waals surface area contributed by atoms with E-state index in [-0.39, 0.29) is 23.9 Å². The van der Waals surface area contributed by atoms with Crippen LogP contribution in [-0.2, 0) is 16.1 Å². The predicted octanol–water partition coefficient (Wildman–Crippen LogP) is 1.54. The van der Waals surface area contributed by atoms with E-state index < -0.39 is 34.7 Å². The number of aromatic nitrogens is 2. The van der Waals surface area contributed by atoms with Crippen LogP contribution in [0.5, 0.6) is 0 Å². The number of H-pyrrole nitrogens is 1. The first-order valence-electron chi connectivity index (χ1n) is 9.73. The first-order chi connectivity index (χ1) is 15.4. The topological polar surface area (TPSA) is 121 Å². The van der Waals surface area contributed by atoms with Crippen molar-refractivity contribution in [3.8, 4) is 0 Å². The van der Waals surface area contributed by atoms with Crippen LogP contribution < -0.4 is 16.4 Å². The summed E-state index contributed by atoms with van der Waals surface area (Å²) >= 11 is 0.843. The zero-order chi connectivity index (χ0) is 22.7. The summed E-state index contributed by atoms with van der Waals surface area (Å²) in [5.74, 6) is -0.960. The van der Waals surface area contributed by atoms with Crippen molar-refractivity contribution in [1.29, 1.82) is 0 Å². The lowest BCUT2D eigenvalue weighted by atomic mass is 10.2. The van der Waals surface area contributed by atoms with E-state index in [1.54, 1.807) is 18.2 Å². The first kappa shape index (κ1) is 21.3. The van der Waals surface area contributed by atoms with Crippen LogP contribution >= 0.6 is 11.8 Å². The minimum atomic E-state index is -0.537. The van der Waals surface area contributed by atoms with Gasteiger partial charge < -0.3 is 5.32 Å². The Hall–Kier alpha value is -3.92. The number of aromatic amines is 1. The fourth-order valence-corrected chi connectivity index (χ4v) is 4.12. The number of nitrogens with zero attached hydrogens (tertiary/aromatic N) is 2. The molecule has 0 atom stereocenters. The summed E-state index contributed by atoms with van der Waals surface area (Å²) in [6.07, 6.45) is 1.64. The molecule has 1 fully saturated rings. The highest BCUT2D eigenvalue weighted by Gasteiger charge is 2.34. The summed E-state index contributed by atoms with van der Waals surface area (Å²) in [5.41, 5.74) is -0.163. The number of carbonyl (C=O) groups is 3. The molecule has 0 unspecified atom stereocenters. The number of hydrogen-bond acceptors (Lipinski definition) is 6. The quantitative estimate of drug-likeness (QED) is 0.550. The normalized spacial score (nSPS) is 15.0. The summed E-state index contributed by atoms with van der Waals surface area (Å²) in [4.78, 5) is 62.9. The zero-order valence-electron chi connectivity index (χ0n) is 16.7. The fraction of sp³-hybridized carbons (Fsp3) is 0.136. The lowest BCUT2D eigenvalue weighted by Crippen LogP contribution is -2.40. The molecule has 0 radical (unpaired) electrons. The molecule has 1 aliphatic rings. The summed E-state index contributed by atoms with van der Waals surface area (Å²) < 4.78 is 0.933. The monoisotopic (exact) mass is 450 g/mol. The van der Waals surface area contributed by atoms with Gasteiger partial charge in [-0.3, -0.25) is 34.0 Å². The van der Waals surface area contributed by atoms with Gasteiger partial charge >= 0.3 is 0 Å². The Morgan fingerprint density at radius 2 is 1.66 bits per heavy atom. The number of imide groups is 1. The molecule has 0 saturated carbocycles. The van der Waals surface area contributed by atoms with Crippen LogP contribution in [0.25, 0.3) is 16.8 Å². The van der Waals surface area contributed by atoms with Gasteiger partial charge in [-0.15, -0.1) is 0 Å². The number of benzene rings is 2. The average molecular weight is 450 g/mol. The summed E-state index contributed by atoms with van der Waals surface area (Å²) in [5, 5.41) is 4.99. The number of rotatable bonds is 6. The van der Waals surface area contributed by atoms with Gasteiger partial charge in [-0.1, -0.05) is 42.5 Å². The van der Waals surface area contributed by atoms with Crippen molar-refractivity contribution in [1.82, 2.24) is 20.0 Å². The molecule has 162 valence electrons. The SMILES string of the molecule is O=C(Cn1[nH]c(=O)c2ccccc2c1=O)NCCN1C(=O)S/C(=C\c2ccccc2)C1=O. The molecule has 2 aromatic carbocycles. The van der Waals surface area contributed by atoms with Crippen molar-refractivity contribution in [2.45, 2.75) is 6.54 Å². The number of fused-ring (bicyclic) bond motifs is 1.